The number of rotatable bonds is 4. The van der Waals surface area contributed by atoms with Gasteiger partial charge in [-0.2, -0.15) is 0 Å². The fourth-order valence-electron chi connectivity index (χ4n) is 1.76. The molecule has 0 saturated heterocycles. The Kier molecular flexibility index (Phi) is 2.21. The summed E-state index contributed by atoms with van der Waals surface area (Å²) in [5.74, 6) is 2.25. The lowest BCUT2D eigenvalue weighted by Crippen LogP contribution is -2.08. The third-order valence-electron chi connectivity index (χ3n) is 2.70. The minimum absolute atomic E-state index is 0.0757. The molecule has 16 heavy (non-hydrogen) atoms. The SMILES string of the molecule is OCCNc1nccn2c(C3CC3)nnc12. The third kappa shape index (κ3) is 1.51. The van der Waals surface area contributed by atoms with Gasteiger partial charge in [0.05, 0.1) is 6.61 Å². The highest BCUT2D eigenvalue weighted by Gasteiger charge is 2.29. The number of nitrogens with zero attached hydrogens (tertiary/aromatic N) is 4. The molecule has 3 rings (SSSR count). The highest BCUT2D eigenvalue weighted by molar-refractivity contribution is 5.62. The summed E-state index contributed by atoms with van der Waals surface area (Å²) in [7, 11) is 0. The molecule has 1 aliphatic rings. The van der Waals surface area contributed by atoms with Crippen LogP contribution in [0.1, 0.15) is 24.6 Å². The molecule has 2 heterocycles. The van der Waals surface area contributed by atoms with Crippen LogP contribution in [-0.2, 0) is 0 Å². The highest BCUT2D eigenvalue weighted by Crippen LogP contribution is 2.39. The number of aromatic nitrogens is 4. The highest BCUT2D eigenvalue weighted by atomic mass is 16.3. The second-order valence-electron chi connectivity index (χ2n) is 3.95. The number of aliphatic hydroxyl groups is 1. The molecule has 0 aromatic carbocycles. The Morgan fingerprint density at radius 1 is 1.44 bits per heavy atom. The lowest BCUT2D eigenvalue weighted by atomic mass is 10.4. The minimum Gasteiger partial charge on any atom is -0.395 e. The quantitative estimate of drug-likeness (QED) is 0.778. The molecule has 0 spiro atoms. The Morgan fingerprint density at radius 3 is 3.06 bits per heavy atom. The van der Waals surface area contributed by atoms with E-state index in [0.717, 1.165) is 11.5 Å². The van der Waals surface area contributed by atoms with Crippen LogP contribution in [0.15, 0.2) is 12.4 Å². The van der Waals surface area contributed by atoms with Gasteiger partial charge in [0.15, 0.2) is 5.82 Å². The summed E-state index contributed by atoms with van der Waals surface area (Å²) in [5, 5.41) is 20.1. The predicted molar refractivity (Wildman–Crippen MR) is 58.3 cm³/mol. The van der Waals surface area contributed by atoms with Crippen LogP contribution in [-0.4, -0.2) is 37.8 Å². The standard InChI is InChI=1S/C10H13N5O/c16-6-4-12-8-10-14-13-9(7-1-2-7)15(10)5-3-11-8/h3,5,7,16H,1-2,4,6H2,(H,11,12). The zero-order valence-electron chi connectivity index (χ0n) is 8.80. The summed E-state index contributed by atoms with van der Waals surface area (Å²) in [6.45, 7) is 0.546. The molecule has 0 unspecified atom stereocenters. The average Bonchev–Trinajstić information content (AvgIpc) is 3.06. The van der Waals surface area contributed by atoms with Crippen molar-refractivity contribution in [3.8, 4) is 0 Å². The lowest BCUT2D eigenvalue weighted by Gasteiger charge is -2.04. The van der Waals surface area contributed by atoms with Crippen molar-refractivity contribution in [2.75, 3.05) is 18.5 Å². The molecule has 1 saturated carbocycles. The summed E-state index contributed by atoms with van der Waals surface area (Å²) in [5.41, 5.74) is 0.734. The summed E-state index contributed by atoms with van der Waals surface area (Å²) >= 11 is 0. The molecular weight excluding hydrogens is 206 g/mol. The molecule has 1 aliphatic carbocycles. The van der Waals surface area contributed by atoms with Crippen LogP contribution in [0.3, 0.4) is 0 Å². The normalized spacial score (nSPS) is 15.6. The van der Waals surface area contributed by atoms with E-state index in [1.165, 1.54) is 12.8 Å². The van der Waals surface area contributed by atoms with Gasteiger partial charge in [0.1, 0.15) is 5.82 Å². The lowest BCUT2D eigenvalue weighted by molar-refractivity contribution is 0.311. The number of aliphatic hydroxyl groups excluding tert-OH is 1. The molecule has 1 fully saturated rings. The maximum absolute atomic E-state index is 8.77. The molecule has 0 amide bonds. The van der Waals surface area contributed by atoms with E-state index < -0.39 is 0 Å². The molecule has 0 radical (unpaired) electrons. The molecule has 6 heteroatoms. The fraction of sp³-hybridized carbons (Fsp3) is 0.500. The number of nitrogens with one attached hydrogen (secondary N) is 1. The molecule has 0 aliphatic heterocycles. The topological polar surface area (TPSA) is 75.3 Å². The average molecular weight is 219 g/mol. The summed E-state index contributed by atoms with van der Waals surface area (Å²) in [4.78, 5) is 4.19. The molecule has 0 bridgehead atoms. The minimum atomic E-state index is 0.0757. The number of fused-ring (bicyclic) bond motifs is 1. The first-order valence-electron chi connectivity index (χ1n) is 5.44. The first-order valence-corrected chi connectivity index (χ1v) is 5.44. The van der Waals surface area contributed by atoms with Gasteiger partial charge in [0, 0.05) is 24.9 Å². The van der Waals surface area contributed by atoms with Crippen LogP contribution < -0.4 is 5.32 Å². The van der Waals surface area contributed by atoms with E-state index in [1.54, 1.807) is 6.20 Å². The van der Waals surface area contributed by atoms with Gasteiger partial charge >= 0.3 is 0 Å². The second kappa shape index (κ2) is 3.71. The van der Waals surface area contributed by atoms with Crippen LogP contribution in [0.2, 0.25) is 0 Å². The Hall–Kier alpha value is -1.69. The van der Waals surface area contributed by atoms with E-state index in [0.29, 0.717) is 18.3 Å². The molecule has 2 aromatic rings. The van der Waals surface area contributed by atoms with Crippen molar-refractivity contribution in [3.63, 3.8) is 0 Å². The zero-order chi connectivity index (χ0) is 11.0. The van der Waals surface area contributed by atoms with Crippen LogP contribution in [0.4, 0.5) is 5.82 Å². The number of anilines is 1. The maximum atomic E-state index is 8.77. The largest absolute Gasteiger partial charge is 0.395 e. The van der Waals surface area contributed by atoms with E-state index in [-0.39, 0.29) is 6.61 Å². The Morgan fingerprint density at radius 2 is 2.31 bits per heavy atom. The van der Waals surface area contributed by atoms with Crippen molar-refractivity contribution in [3.05, 3.63) is 18.2 Å². The Labute approximate surface area is 92.3 Å². The first-order chi connectivity index (χ1) is 7.90. The monoisotopic (exact) mass is 219 g/mol. The van der Waals surface area contributed by atoms with E-state index in [9.17, 15) is 0 Å². The van der Waals surface area contributed by atoms with E-state index in [4.69, 9.17) is 5.11 Å². The van der Waals surface area contributed by atoms with Gasteiger partial charge in [-0.25, -0.2) is 4.98 Å². The van der Waals surface area contributed by atoms with E-state index in [1.807, 2.05) is 10.6 Å². The maximum Gasteiger partial charge on any atom is 0.203 e. The zero-order valence-corrected chi connectivity index (χ0v) is 8.80. The number of hydrogen-bond donors (Lipinski definition) is 2. The predicted octanol–water partition coefficient (Wildman–Crippen LogP) is 0.406. The van der Waals surface area contributed by atoms with Crippen LogP contribution >= 0.6 is 0 Å². The molecular formula is C10H13N5O. The fourth-order valence-corrected chi connectivity index (χ4v) is 1.76. The Bertz CT molecular complexity index is 505. The first kappa shape index (κ1) is 9.53. The Balaban J connectivity index is 2.02. The molecule has 0 atom stereocenters. The van der Waals surface area contributed by atoms with Gasteiger partial charge in [0.2, 0.25) is 5.65 Å². The molecule has 6 nitrogen and oxygen atoms in total. The molecule has 2 N–H and O–H groups in total. The summed E-state index contributed by atoms with van der Waals surface area (Å²) in [6, 6.07) is 0. The van der Waals surface area contributed by atoms with Gasteiger partial charge in [-0.05, 0) is 12.8 Å². The van der Waals surface area contributed by atoms with Crippen molar-refractivity contribution in [2.24, 2.45) is 0 Å². The molecule has 84 valence electrons. The second-order valence-corrected chi connectivity index (χ2v) is 3.95. The van der Waals surface area contributed by atoms with E-state index >= 15 is 0 Å². The van der Waals surface area contributed by atoms with Crippen molar-refractivity contribution in [2.45, 2.75) is 18.8 Å². The van der Waals surface area contributed by atoms with Crippen molar-refractivity contribution in [1.82, 2.24) is 19.6 Å². The van der Waals surface area contributed by atoms with Crippen LogP contribution in [0, 0.1) is 0 Å². The third-order valence-corrected chi connectivity index (χ3v) is 2.70. The number of hydrogen-bond acceptors (Lipinski definition) is 5. The van der Waals surface area contributed by atoms with Gasteiger partial charge < -0.3 is 10.4 Å². The molecule has 2 aromatic heterocycles. The van der Waals surface area contributed by atoms with Gasteiger partial charge in [-0.15, -0.1) is 10.2 Å². The summed E-state index contributed by atoms with van der Waals surface area (Å²) < 4.78 is 1.98. The van der Waals surface area contributed by atoms with Crippen LogP contribution in [0.5, 0.6) is 0 Å². The van der Waals surface area contributed by atoms with Gasteiger partial charge in [-0.3, -0.25) is 4.40 Å². The van der Waals surface area contributed by atoms with Crippen molar-refractivity contribution < 1.29 is 5.11 Å². The van der Waals surface area contributed by atoms with Gasteiger partial charge in [0.25, 0.3) is 0 Å². The smallest absolute Gasteiger partial charge is 0.203 e. The van der Waals surface area contributed by atoms with Gasteiger partial charge in [-0.1, -0.05) is 0 Å². The van der Waals surface area contributed by atoms with E-state index in [2.05, 4.69) is 20.5 Å². The van der Waals surface area contributed by atoms with Crippen molar-refractivity contribution in [1.29, 1.82) is 0 Å². The summed E-state index contributed by atoms with van der Waals surface area (Å²) in [6.07, 6.45) is 6.00. The van der Waals surface area contributed by atoms with Crippen LogP contribution in [0.25, 0.3) is 5.65 Å². The van der Waals surface area contributed by atoms with Crippen molar-refractivity contribution >= 4 is 11.5 Å².